The van der Waals surface area contributed by atoms with E-state index in [4.69, 9.17) is 9.47 Å². The Bertz CT molecular complexity index is 1280. The summed E-state index contributed by atoms with van der Waals surface area (Å²) >= 11 is 0. The van der Waals surface area contributed by atoms with Crippen molar-refractivity contribution in [3.8, 4) is 5.75 Å². The highest BCUT2D eigenvalue weighted by Gasteiger charge is 2.46. The van der Waals surface area contributed by atoms with Crippen LogP contribution < -0.4 is 15.4 Å². The van der Waals surface area contributed by atoms with E-state index in [1.54, 1.807) is 67.8 Å². The fourth-order valence-corrected chi connectivity index (χ4v) is 4.11. The van der Waals surface area contributed by atoms with E-state index in [1.165, 1.54) is 17.0 Å². The number of amides is 3. The maximum absolute atomic E-state index is 13.4. The van der Waals surface area contributed by atoms with Crippen LogP contribution in [0, 0.1) is 11.7 Å². The van der Waals surface area contributed by atoms with Crippen molar-refractivity contribution in [1.29, 1.82) is 0 Å². The topological polar surface area (TPSA) is 97.0 Å². The first-order valence-electron chi connectivity index (χ1n) is 12.3. The van der Waals surface area contributed by atoms with Gasteiger partial charge < -0.3 is 20.1 Å². The molecule has 8 nitrogen and oxygen atoms in total. The minimum absolute atomic E-state index is 0.0887. The van der Waals surface area contributed by atoms with E-state index in [9.17, 15) is 18.8 Å². The molecule has 3 aromatic carbocycles. The number of nitrogens with one attached hydrogen (secondary N) is 2. The Morgan fingerprint density at radius 1 is 1.00 bits per heavy atom. The van der Waals surface area contributed by atoms with Crippen molar-refractivity contribution >= 4 is 23.6 Å². The predicted molar refractivity (Wildman–Crippen MR) is 140 cm³/mol. The largest absolute Gasteiger partial charge is 0.497 e. The highest BCUT2D eigenvalue weighted by atomic mass is 19.1. The van der Waals surface area contributed by atoms with Crippen molar-refractivity contribution in [2.45, 2.75) is 32.5 Å². The van der Waals surface area contributed by atoms with E-state index in [0.717, 1.165) is 0 Å². The summed E-state index contributed by atoms with van der Waals surface area (Å²) in [5.41, 5.74) is 2.29. The summed E-state index contributed by atoms with van der Waals surface area (Å²) in [7, 11) is 1.55. The Hall–Kier alpha value is -4.40. The monoisotopic (exact) mass is 519 g/mol. The predicted octanol–water partition coefficient (Wildman–Crippen LogP) is 4.92. The zero-order valence-corrected chi connectivity index (χ0v) is 21.4. The number of rotatable bonds is 9. The summed E-state index contributed by atoms with van der Waals surface area (Å²) in [6.45, 7) is 4.48. The minimum atomic E-state index is -0.925. The third kappa shape index (κ3) is 6.29. The number of halogens is 1. The van der Waals surface area contributed by atoms with Gasteiger partial charge in [0, 0.05) is 17.8 Å². The lowest BCUT2D eigenvalue weighted by Crippen LogP contribution is -2.47. The summed E-state index contributed by atoms with van der Waals surface area (Å²) in [5.74, 6) is -0.147. The first-order valence-corrected chi connectivity index (χ1v) is 12.3. The Morgan fingerprint density at radius 3 is 2.26 bits per heavy atom. The molecule has 0 unspecified atom stereocenters. The van der Waals surface area contributed by atoms with E-state index in [0.29, 0.717) is 34.7 Å². The molecule has 0 spiro atoms. The number of carbonyl (C=O) groups excluding carboxylic acids is 3. The molecule has 0 aliphatic carbocycles. The molecule has 198 valence electrons. The molecule has 9 heteroatoms. The molecule has 3 aromatic rings. The number of methoxy groups -OCH3 is 1. The van der Waals surface area contributed by atoms with E-state index in [1.807, 2.05) is 13.8 Å². The van der Waals surface area contributed by atoms with Crippen LogP contribution in [-0.4, -0.2) is 42.5 Å². The molecule has 1 saturated heterocycles. The normalized spacial score (nSPS) is 16.8. The first kappa shape index (κ1) is 26.7. The molecule has 0 saturated carbocycles. The van der Waals surface area contributed by atoms with Gasteiger partial charge in [0.05, 0.1) is 13.7 Å². The fourth-order valence-electron chi connectivity index (χ4n) is 4.11. The van der Waals surface area contributed by atoms with E-state index in [-0.39, 0.29) is 30.1 Å². The van der Waals surface area contributed by atoms with Crippen molar-refractivity contribution in [3.63, 3.8) is 0 Å². The van der Waals surface area contributed by atoms with Gasteiger partial charge in [-0.2, -0.15) is 0 Å². The summed E-state index contributed by atoms with van der Waals surface area (Å²) in [6.07, 6.45) is -1.50. The second-order valence-electron chi connectivity index (χ2n) is 9.45. The highest BCUT2D eigenvalue weighted by molar-refractivity contribution is 6.04. The van der Waals surface area contributed by atoms with Gasteiger partial charge in [-0.15, -0.1) is 0 Å². The van der Waals surface area contributed by atoms with Gasteiger partial charge in [-0.1, -0.05) is 38.1 Å². The van der Waals surface area contributed by atoms with Gasteiger partial charge >= 0.3 is 6.09 Å². The van der Waals surface area contributed by atoms with Gasteiger partial charge in [0.1, 0.15) is 11.6 Å². The van der Waals surface area contributed by atoms with Crippen molar-refractivity contribution < 1.29 is 28.2 Å². The molecule has 0 radical (unpaired) electrons. The van der Waals surface area contributed by atoms with Crippen LogP contribution in [0.5, 0.6) is 5.75 Å². The van der Waals surface area contributed by atoms with Crippen molar-refractivity contribution in [3.05, 3.63) is 95.3 Å². The van der Waals surface area contributed by atoms with E-state index >= 15 is 0 Å². The molecule has 1 heterocycles. The van der Waals surface area contributed by atoms with E-state index in [2.05, 4.69) is 10.6 Å². The quantitative estimate of drug-likeness (QED) is 0.418. The molecule has 2 N–H and O–H groups in total. The molecule has 4 rings (SSSR count). The third-order valence-electron chi connectivity index (χ3n) is 6.15. The summed E-state index contributed by atoms with van der Waals surface area (Å²) in [4.78, 5) is 40.1. The molecule has 1 aliphatic rings. The summed E-state index contributed by atoms with van der Waals surface area (Å²) in [5, 5.41) is 5.72. The standard InChI is InChI=1S/C29H30FN3O5/c1-18(2)16-31-28(35)25-26(38-29(36)33(25)17-19-4-10-22(30)11-5-19)20-6-12-23(13-7-20)32-27(34)21-8-14-24(37-3)15-9-21/h4-15,18,25-26H,16-17H2,1-3H3,(H,31,35)(H,32,34)/t25-,26+/m0/s1. The fraction of sp³-hybridized carbons (Fsp3) is 0.276. The van der Waals surface area contributed by atoms with Crippen LogP contribution >= 0.6 is 0 Å². The number of carbonyl (C=O) groups is 3. The smallest absolute Gasteiger partial charge is 0.411 e. The lowest BCUT2D eigenvalue weighted by Gasteiger charge is -2.24. The van der Waals surface area contributed by atoms with Crippen LogP contribution in [0.15, 0.2) is 72.8 Å². The lowest BCUT2D eigenvalue weighted by atomic mass is 10.00. The second kappa shape index (κ2) is 11.8. The molecule has 1 aliphatic heterocycles. The maximum atomic E-state index is 13.4. The average Bonchev–Trinajstić information content (AvgIpc) is 3.24. The van der Waals surface area contributed by atoms with Crippen LogP contribution in [0.1, 0.15) is 41.4 Å². The Labute approximate surface area is 220 Å². The molecule has 0 aromatic heterocycles. The number of benzene rings is 3. The molecular formula is C29H30FN3O5. The van der Waals surface area contributed by atoms with Crippen LogP contribution in [0.4, 0.5) is 14.9 Å². The zero-order chi connectivity index (χ0) is 27.2. The van der Waals surface area contributed by atoms with Crippen LogP contribution in [-0.2, 0) is 16.1 Å². The maximum Gasteiger partial charge on any atom is 0.411 e. The lowest BCUT2D eigenvalue weighted by molar-refractivity contribution is -0.126. The van der Waals surface area contributed by atoms with Gasteiger partial charge in [0.15, 0.2) is 12.1 Å². The van der Waals surface area contributed by atoms with Crippen molar-refractivity contribution in [1.82, 2.24) is 10.2 Å². The summed E-state index contributed by atoms with van der Waals surface area (Å²) < 4.78 is 24.2. The Balaban J connectivity index is 1.52. The molecule has 2 atom stereocenters. The molecule has 0 bridgehead atoms. The molecular weight excluding hydrogens is 489 g/mol. The number of hydrogen-bond donors (Lipinski definition) is 2. The molecule has 1 fully saturated rings. The number of hydrogen-bond acceptors (Lipinski definition) is 5. The van der Waals surface area contributed by atoms with Crippen LogP contribution in [0.25, 0.3) is 0 Å². The summed E-state index contributed by atoms with van der Waals surface area (Å²) in [6, 6.07) is 18.4. The number of anilines is 1. The van der Waals surface area contributed by atoms with Gasteiger partial charge in [-0.3, -0.25) is 14.5 Å². The molecule has 38 heavy (non-hydrogen) atoms. The van der Waals surface area contributed by atoms with Gasteiger partial charge in [-0.05, 0) is 65.6 Å². The van der Waals surface area contributed by atoms with Crippen molar-refractivity contribution in [2.75, 3.05) is 19.0 Å². The average molecular weight is 520 g/mol. The Kier molecular flexibility index (Phi) is 8.25. The van der Waals surface area contributed by atoms with Gasteiger partial charge in [0.2, 0.25) is 5.91 Å². The Morgan fingerprint density at radius 2 is 1.66 bits per heavy atom. The van der Waals surface area contributed by atoms with Gasteiger partial charge in [-0.25, -0.2) is 9.18 Å². The minimum Gasteiger partial charge on any atom is -0.497 e. The van der Waals surface area contributed by atoms with Crippen LogP contribution in [0.3, 0.4) is 0 Å². The number of ether oxygens (including phenoxy) is 2. The van der Waals surface area contributed by atoms with Gasteiger partial charge in [0.25, 0.3) is 5.91 Å². The third-order valence-corrected chi connectivity index (χ3v) is 6.15. The SMILES string of the molecule is COc1ccc(C(=O)Nc2ccc([C@H]3OC(=O)N(Cc4ccc(F)cc4)[C@@H]3C(=O)NCC(C)C)cc2)cc1. The molecule has 3 amide bonds. The van der Waals surface area contributed by atoms with Crippen molar-refractivity contribution in [2.24, 2.45) is 5.92 Å². The van der Waals surface area contributed by atoms with E-state index < -0.39 is 18.2 Å². The van der Waals surface area contributed by atoms with Crippen LogP contribution in [0.2, 0.25) is 0 Å². The number of nitrogens with zero attached hydrogens (tertiary/aromatic N) is 1. The number of cyclic esters (lactones) is 1. The highest BCUT2D eigenvalue weighted by Crippen LogP contribution is 2.34. The first-order chi connectivity index (χ1) is 18.2. The second-order valence-corrected chi connectivity index (χ2v) is 9.45. The zero-order valence-electron chi connectivity index (χ0n) is 21.4.